The van der Waals surface area contributed by atoms with E-state index >= 15 is 0 Å². The number of hydrogen-bond donors (Lipinski definition) is 1. The molecule has 1 nitrogen and oxygen atoms in total. The summed E-state index contributed by atoms with van der Waals surface area (Å²) in [5.41, 5.74) is 3.50. The predicted molar refractivity (Wildman–Crippen MR) is 62.1 cm³/mol. The highest BCUT2D eigenvalue weighted by atomic mass is 35.5. The molecule has 0 aliphatic heterocycles. The van der Waals surface area contributed by atoms with Crippen LogP contribution in [-0.2, 0) is 0 Å². The van der Waals surface area contributed by atoms with Crippen molar-refractivity contribution in [3.63, 3.8) is 0 Å². The quantitative estimate of drug-likeness (QED) is 0.720. The van der Waals surface area contributed by atoms with Crippen molar-refractivity contribution in [1.29, 1.82) is 0 Å². The summed E-state index contributed by atoms with van der Waals surface area (Å²) in [6.07, 6.45) is 0. The van der Waals surface area contributed by atoms with Crippen LogP contribution in [0.5, 0.6) is 0 Å². The third-order valence-electron chi connectivity index (χ3n) is 2.47. The lowest BCUT2D eigenvalue weighted by atomic mass is 10.1. The summed E-state index contributed by atoms with van der Waals surface area (Å²) in [5.74, 6) is 0.513. The fourth-order valence-corrected chi connectivity index (χ4v) is 2.00. The summed E-state index contributed by atoms with van der Waals surface area (Å²) in [4.78, 5) is 3.36. The summed E-state index contributed by atoms with van der Waals surface area (Å²) < 4.78 is 0. The van der Waals surface area contributed by atoms with Crippen LogP contribution in [0.15, 0.2) is 18.2 Å². The molecule has 0 saturated heterocycles. The fourth-order valence-electron chi connectivity index (χ4n) is 1.67. The smallest absolute Gasteiger partial charge is 0.0649 e. The predicted octanol–water partition coefficient (Wildman–Crippen LogP) is 4.25. The standard InChI is InChI=1S/C12H14ClN/c1-7(2)11-6-9-4-8(3)5-10(13)12(9)14-11/h4-7,14H,1-3H3. The summed E-state index contributed by atoms with van der Waals surface area (Å²) in [5, 5.41) is 2.02. The molecule has 2 aromatic rings. The number of aryl methyl sites for hydroxylation is 1. The molecule has 0 unspecified atom stereocenters. The molecule has 0 bridgehead atoms. The Balaban J connectivity index is 2.70. The van der Waals surface area contributed by atoms with Gasteiger partial charge in [0.1, 0.15) is 0 Å². The van der Waals surface area contributed by atoms with E-state index in [1.807, 2.05) is 6.07 Å². The Morgan fingerprint density at radius 1 is 1.21 bits per heavy atom. The lowest BCUT2D eigenvalue weighted by Crippen LogP contribution is -1.84. The van der Waals surface area contributed by atoms with Gasteiger partial charge in [-0.2, -0.15) is 0 Å². The van der Waals surface area contributed by atoms with E-state index in [1.54, 1.807) is 0 Å². The second-order valence-corrected chi connectivity index (χ2v) is 4.50. The van der Waals surface area contributed by atoms with Gasteiger partial charge in [-0.25, -0.2) is 0 Å². The number of fused-ring (bicyclic) bond motifs is 1. The Hall–Kier alpha value is -0.950. The van der Waals surface area contributed by atoms with E-state index in [1.165, 1.54) is 16.6 Å². The van der Waals surface area contributed by atoms with E-state index in [0.717, 1.165) is 10.5 Å². The minimum absolute atomic E-state index is 0.513. The molecule has 0 aliphatic rings. The Labute approximate surface area is 89.1 Å². The maximum absolute atomic E-state index is 6.15. The molecule has 0 aliphatic carbocycles. The van der Waals surface area contributed by atoms with Crippen molar-refractivity contribution in [2.24, 2.45) is 0 Å². The molecule has 0 amide bonds. The highest BCUT2D eigenvalue weighted by molar-refractivity contribution is 6.35. The normalized spacial score (nSPS) is 11.5. The lowest BCUT2D eigenvalue weighted by Gasteiger charge is -1.98. The number of aromatic nitrogens is 1. The molecule has 0 fully saturated rings. The zero-order chi connectivity index (χ0) is 10.3. The lowest BCUT2D eigenvalue weighted by molar-refractivity contribution is 0.836. The van der Waals surface area contributed by atoms with Crippen LogP contribution < -0.4 is 0 Å². The first-order valence-electron chi connectivity index (χ1n) is 4.86. The molecule has 1 N–H and O–H groups in total. The Morgan fingerprint density at radius 2 is 1.93 bits per heavy atom. The van der Waals surface area contributed by atoms with Crippen LogP contribution in [0.4, 0.5) is 0 Å². The van der Waals surface area contributed by atoms with Crippen LogP contribution in [0.2, 0.25) is 5.02 Å². The number of rotatable bonds is 1. The molecule has 74 valence electrons. The highest BCUT2D eigenvalue weighted by Gasteiger charge is 2.07. The molecular weight excluding hydrogens is 194 g/mol. The fraction of sp³-hybridized carbons (Fsp3) is 0.333. The Kier molecular flexibility index (Phi) is 2.28. The van der Waals surface area contributed by atoms with Crippen molar-refractivity contribution in [3.05, 3.63) is 34.5 Å². The van der Waals surface area contributed by atoms with Gasteiger partial charge < -0.3 is 4.98 Å². The van der Waals surface area contributed by atoms with Gasteiger partial charge in [-0.3, -0.25) is 0 Å². The van der Waals surface area contributed by atoms with Crippen LogP contribution in [-0.4, -0.2) is 4.98 Å². The van der Waals surface area contributed by atoms with E-state index in [0.29, 0.717) is 5.92 Å². The third-order valence-corrected chi connectivity index (χ3v) is 2.77. The van der Waals surface area contributed by atoms with Crippen molar-refractivity contribution in [2.45, 2.75) is 26.7 Å². The monoisotopic (exact) mass is 207 g/mol. The Bertz CT molecular complexity index is 468. The van der Waals surface area contributed by atoms with Crippen molar-refractivity contribution >= 4 is 22.5 Å². The van der Waals surface area contributed by atoms with E-state index in [9.17, 15) is 0 Å². The second-order valence-electron chi connectivity index (χ2n) is 4.09. The zero-order valence-electron chi connectivity index (χ0n) is 8.69. The molecule has 1 aromatic carbocycles. The van der Waals surface area contributed by atoms with Gasteiger partial charge in [0.05, 0.1) is 10.5 Å². The van der Waals surface area contributed by atoms with Crippen LogP contribution in [0.1, 0.15) is 31.0 Å². The van der Waals surface area contributed by atoms with Crippen molar-refractivity contribution in [2.75, 3.05) is 0 Å². The van der Waals surface area contributed by atoms with E-state index in [-0.39, 0.29) is 0 Å². The van der Waals surface area contributed by atoms with Gasteiger partial charge in [0.15, 0.2) is 0 Å². The van der Waals surface area contributed by atoms with Crippen molar-refractivity contribution < 1.29 is 0 Å². The van der Waals surface area contributed by atoms with Crippen molar-refractivity contribution in [3.8, 4) is 0 Å². The molecule has 0 spiro atoms. The molecular formula is C12H14ClN. The molecule has 1 aromatic heterocycles. The summed E-state index contributed by atoms with van der Waals surface area (Å²) in [7, 11) is 0. The molecule has 0 radical (unpaired) electrons. The maximum atomic E-state index is 6.15. The number of halogens is 1. The molecule has 1 heterocycles. The summed E-state index contributed by atoms with van der Waals surface area (Å²) in [6, 6.07) is 6.33. The maximum Gasteiger partial charge on any atom is 0.0649 e. The number of benzene rings is 1. The topological polar surface area (TPSA) is 15.8 Å². The Morgan fingerprint density at radius 3 is 2.57 bits per heavy atom. The molecule has 14 heavy (non-hydrogen) atoms. The largest absolute Gasteiger partial charge is 0.357 e. The van der Waals surface area contributed by atoms with Gasteiger partial charge in [-0.05, 0) is 36.6 Å². The first-order chi connectivity index (χ1) is 6.58. The number of H-pyrrole nitrogens is 1. The molecule has 0 saturated carbocycles. The van der Waals surface area contributed by atoms with Gasteiger partial charge in [-0.1, -0.05) is 25.4 Å². The van der Waals surface area contributed by atoms with Gasteiger partial charge in [0, 0.05) is 11.1 Å². The van der Waals surface area contributed by atoms with Crippen LogP contribution in [0.3, 0.4) is 0 Å². The molecule has 2 heteroatoms. The summed E-state index contributed by atoms with van der Waals surface area (Å²) in [6.45, 7) is 6.41. The number of hydrogen-bond acceptors (Lipinski definition) is 0. The SMILES string of the molecule is Cc1cc(Cl)c2[nH]c(C(C)C)cc2c1. The number of aromatic amines is 1. The van der Waals surface area contributed by atoms with E-state index < -0.39 is 0 Å². The average Bonchev–Trinajstić information content (AvgIpc) is 2.47. The van der Waals surface area contributed by atoms with Gasteiger partial charge in [0.2, 0.25) is 0 Å². The van der Waals surface area contributed by atoms with Gasteiger partial charge in [-0.15, -0.1) is 0 Å². The van der Waals surface area contributed by atoms with E-state index in [4.69, 9.17) is 11.6 Å². The van der Waals surface area contributed by atoms with Crippen LogP contribution in [0, 0.1) is 6.92 Å². The minimum Gasteiger partial charge on any atom is -0.357 e. The third kappa shape index (κ3) is 1.53. The highest BCUT2D eigenvalue weighted by Crippen LogP contribution is 2.27. The first-order valence-corrected chi connectivity index (χ1v) is 5.24. The molecule has 2 rings (SSSR count). The van der Waals surface area contributed by atoms with Crippen LogP contribution >= 0.6 is 11.6 Å². The first kappa shape index (κ1) is 9.60. The summed E-state index contributed by atoms with van der Waals surface area (Å²) >= 11 is 6.15. The van der Waals surface area contributed by atoms with Crippen molar-refractivity contribution in [1.82, 2.24) is 4.98 Å². The van der Waals surface area contributed by atoms with Gasteiger partial charge in [0.25, 0.3) is 0 Å². The number of nitrogens with one attached hydrogen (secondary N) is 1. The van der Waals surface area contributed by atoms with Gasteiger partial charge >= 0.3 is 0 Å². The van der Waals surface area contributed by atoms with Crippen LogP contribution in [0.25, 0.3) is 10.9 Å². The average molecular weight is 208 g/mol. The van der Waals surface area contributed by atoms with E-state index in [2.05, 4.69) is 37.9 Å². The molecule has 0 atom stereocenters. The second kappa shape index (κ2) is 3.32. The zero-order valence-corrected chi connectivity index (χ0v) is 9.44. The minimum atomic E-state index is 0.513.